The molecule has 10 heteroatoms. The van der Waals surface area contributed by atoms with E-state index < -0.39 is 11.6 Å². The summed E-state index contributed by atoms with van der Waals surface area (Å²) >= 11 is 2.82. The molecule has 0 aliphatic carbocycles. The number of aromatic nitrogens is 1. The van der Waals surface area contributed by atoms with Crippen LogP contribution in [0.5, 0.6) is 5.75 Å². The van der Waals surface area contributed by atoms with E-state index in [4.69, 9.17) is 4.74 Å². The molecule has 33 heavy (non-hydrogen) atoms. The zero-order valence-electron chi connectivity index (χ0n) is 18.8. The molecule has 0 fully saturated rings. The van der Waals surface area contributed by atoms with E-state index in [9.17, 15) is 13.6 Å². The third-order valence-electron chi connectivity index (χ3n) is 4.78. The average Bonchev–Trinajstić information content (AvgIpc) is 3.18. The van der Waals surface area contributed by atoms with Crippen LogP contribution in [0.1, 0.15) is 19.3 Å². The fraction of sp³-hybridized carbons (Fsp3) is 0.391. The van der Waals surface area contributed by atoms with E-state index in [1.165, 1.54) is 6.07 Å². The number of hydrogen-bond donors (Lipinski definition) is 0. The average molecular weight is 516 g/mol. The second kappa shape index (κ2) is 13.1. The Bertz CT molecular complexity index is 1050. The summed E-state index contributed by atoms with van der Waals surface area (Å²) in [4.78, 5) is 22.1. The Morgan fingerprint density at radius 2 is 1.85 bits per heavy atom. The molecule has 1 amide bonds. The van der Waals surface area contributed by atoms with Crippen LogP contribution in [0.25, 0.3) is 10.2 Å². The largest absolute Gasteiger partial charge is 0.497 e. The minimum atomic E-state index is -0.709. The van der Waals surface area contributed by atoms with Crippen molar-refractivity contribution in [1.29, 1.82) is 0 Å². The van der Waals surface area contributed by atoms with Crippen molar-refractivity contribution in [1.82, 2.24) is 9.88 Å². The third kappa shape index (κ3) is 7.81. The normalized spacial score (nSPS) is 11.0. The molecular formula is C23H28ClF2N3O2S2. The van der Waals surface area contributed by atoms with Gasteiger partial charge in [-0.15, -0.1) is 24.2 Å². The number of halogens is 3. The topological polar surface area (TPSA) is 45.7 Å². The van der Waals surface area contributed by atoms with Crippen LogP contribution in [0.15, 0.2) is 41.3 Å². The van der Waals surface area contributed by atoms with Gasteiger partial charge in [0.25, 0.3) is 0 Å². The number of methoxy groups -OCH3 is 1. The summed E-state index contributed by atoms with van der Waals surface area (Å²) in [6.07, 6.45) is 1.82. The number of anilines is 1. The second-order valence-corrected chi connectivity index (χ2v) is 9.74. The van der Waals surface area contributed by atoms with E-state index in [1.807, 2.05) is 43.3 Å². The smallest absolute Gasteiger partial charge is 0.228 e. The fourth-order valence-corrected chi connectivity index (χ4v) is 5.05. The number of benzene rings is 2. The Hall–Kier alpha value is -1.94. The van der Waals surface area contributed by atoms with E-state index in [0.717, 1.165) is 46.8 Å². The summed E-state index contributed by atoms with van der Waals surface area (Å²) in [5.74, 6) is 0.193. The molecule has 0 spiro atoms. The summed E-state index contributed by atoms with van der Waals surface area (Å²) in [6.45, 7) is 1.29. The van der Waals surface area contributed by atoms with Crippen LogP contribution in [-0.4, -0.2) is 55.8 Å². The molecule has 0 atom stereocenters. The lowest BCUT2D eigenvalue weighted by Gasteiger charge is -2.21. The maximum atomic E-state index is 14.1. The number of rotatable bonds is 11. The van der Waals surface area contributed by atoms with Crippen LogP contribution in [0.2, 0.25) is 0 Å². The number of carbonyl (C=O) groups is 1. The molecule has 0 radical (unpaired) electrons. The van der Waals surface area contributed by atoms with E-state index in [1.54, 1.807) is 23.8 Å². The second-order valence-electron chi connectivity index (χ2n) is 7.56. The zero-order chi connectivity index (χ0) is 23.1. The Balaban J connectivity index is 0.00000385. The Kier molecular flexibility index (Phi) is 10.8. The number of ether oxygens (including phenoxy) is 1. The van der Waals surface area contributed by atoms with Gasteiger partial charge in [0.1, 0.15) is 17.1 Å². The molecule has 0 aliphatic rings. The van der Waals surface area contributed by atoms with Gasteiger partial charge in [0.05, 0.1) is 11.8 Å². The van der Waals surface area contributed by atoms with Crippen molar-refractivity contribution >= 4 is 56.8 Å². The maximum Gasteiger partial charge on any atom is 0.228 e. The van der Waals surface area contributed by atoms with Crippen molar-refractivity contribution < 1.29 is 18.3 Å². The summed E-state index contributed by atoms with van der Waals surface area (Å²) in [5.41, 5.74) is 0.104. The lowest BCUT2D eigenvalue weighted by atomic mass is 10.3. The van der Waals surface area contributed by atoms with Crippen LogP contribution in [0, 0.1) is 11.6 Å². The molecule has 1 heterocycles. The van der Waals surface area contributed by atoms with Crippen molar-refractivity contribution in [2.75, 3.05) is 44.9 Å². The number of nitrogens with zero attached hydrogens (tertiary/aromatic N) is 3. The van der Waals surface area contributed by atoms with Gasteiger partial charge >= 0.3 is 0 Å². The van der Waals surface area contributed by atoms with Gasteiger partial charge in [0.15, 0.2) is 10.9 Å². The van der Waals surface area contributed by atoms with Crippen molar-refractivity contribution in [3.05, 3.63) is 48.0 Å². The number of carbonyl (C=O) groups excluding carboxylic acids is 1. The Morgan fingerprint density at radius 3 is 2.52 bits per heavy atom. The lowest BCUT2D eigenvalue weighted by molar-refractivity contribution is -0.118. The highest BCUT2D eigenvalue weighted by atomic mass is 35.5. The quantitative estimate of drug-likeness (QED) is 0.236. The van der Waals surface area contributed by atoms with Gasteiger partial charge in [-0.05, 0) is 69.6 Å². The molecule has 0 bridgehead atoms. The number of fused-ring (bicyclic) bond motifs is 1. The SMILES string of the molecule is COc1ccc(SCCCC(=O)N(CCCN(C)C)c2nc3c(F)cc(F)cc3s2)cc1.Cl. The highest BCUT2D eigenvalue weighted by Gasteiger charge is 2.21. The molecule has 2 aromatic carbocycles. The molecule has 0 saturated heterocycles. The van der Waals surface area contributed by atoms with E-state index in [0.29, 0.717) is 29.2 Å². The first-order valence-corrected chi connectivity index (χ1v) is 12.1. The third-order valence-corrected chi connectivity index (χ3v) is 6.91. The molecule has 3 aromatic rings. The van der Waals surface area contributed by atoms with Gasteiger partial charge < -0.3 is 9.64 Å². The highest BCUT2D eigenvalue weighted by molar-refractivity contribution is 7.99. The van der Waals surface area contributed by atoms with Gasteiger partial charge in [-0.2, -0.15) is 0 Å². The molecular weight excluding hydrogens is 488 g/mol. The number of amides is 1. The van der Waals surface area contributed by atoms with Crippen molar-refractivity contribution in [3.63, 3.8) is 0 Å². The maximum absolute atomic E-state index is 14.1. The van der Waals surface area contributed by atoms with Crippen LogP contribution >= 0.6 is 35.5 Å². The first-order chi connectivity index (χ1) is 15.4. The van der Waals surface area contributed by atoms with Gasteiger partial charge in [-0.1, -0.05) is 11.3 Å². The molecule has 0 saturated carbocycles. The first kappa shape index (κ1) is 27.3. The molecule has 0 aliphatic heterocycles. The molecule has 1 aromatic heterocycles. The van der Waals surface area contributed by atoms with Gasteiger partial charge in [0, 0.05) is 23.9 Å². The Morgan fingerprint density at radius 1 is 1.12 bits per heavy atom. The van der Waals surface area contributed by atoms with Gasteiger partial charge in [0.2, 0.25) is 5.91 Å². The predicted octanol–water partition coefficient (Wildman–Crippen LogP) is 5.86. The summed E-state index contributed by atoms with van der Waals surface area (Å²) in [7, 11) is 5.57. The molecule has 5 nitrogen and oxygen atoms in total. The van der Waals surface area contributed by atoms with Crippen molar-refractivity contribution in [2.45, 2.75) is 24.2 Å². The Labute approximate surface area is 207 Å². The minimum Gasteiger partial charge on any atom is -0.497 e. The van der Waals surface area contributed by atoms with Crippen molar-refractivity contribution in [2.24, 2.45) is 0 Å². The van der Waals surface area contributed by atoms with Crippen LogP contribution in [-0.2, 0) is 4.79 Å². The standard InChI is InChI=1S/C23H27F2N3O2S2.ClH/c1-27(2)11-5-12-28(23-26-22-19(25)14-16(24)15-20(22)32-23)21(29)6-4-13-31-18-9-7-17(30-3)8-10-18;/h7-10,14-15H,4-6,11-13H2,1-3H3;1H. The van der Waals surface area contributed by atoms with Gasteiger partial charge in [-0.3, -0.25) is 9.69 Å². The monoisotopic (exact) mass is 515 g/mol. The predicted molar refractivity (Wildman–Crippen MR) is 135 cm³/mol. The van der Waals surface area contributed by atoms with Crippen molar-refractivity contribution in [3.8, 4) is 5.75 Å². The number of hydrogen-bond acceptors (Lipinski definition) is 6. The van der Waals surface area contributed by atoms with E-state index in [-0.39, 0.29) is 23.8 Å². The molecule has 0 unspecified atom stereocenters. The van der Waals surface area contributed by atoms with E-state index >= 15 is 0 Å². The number of thiazole rings is 1. The zero-order valence-corrected chi connectivity index (χ0v) is 21.3. The van der Waals surface area contributed by atoms with Crippen LogP contribution in [0.4, 0.5) is 13.9 Å². The summed E-state index contributed by atoms with van der Waals surface area (Å²) in [5, 5.41) is 0.413. The van der Waals surface area contributed by atoms with Crippen LogP contribution < -0.4 is 9.64 Å². The fourth-order valence-electron chi connectivity index (χ4n) is 3.15. The highest BCUT2D eigenvalue weighted by Crippen LogP contribution is 2.32. The summed E-state index contributed by atoms with van der Waals surface area (Å²) in [6, 6.07) is 9.89. The summed E-state index contributed by atoms with van der Waals surface area (Å²) < 4.78 is 33.3. The molecule has 180 valence electrons. The van der Waals surface area contributed by atoms with E-state index in [2.05, 4.69) is 4.98 Å². The lowest BCUT2D eigenvalue weighted by Crippen LogP contribution is -2.33. The minimum absolute atomic E-state index is 0. The first-order valence-electron chi connectivity index (χ1n) is 10.3. The molecule has 3 rings (SSSR count). The molecule has 0 N–H and O–H groups in total. The van der Waals surface area contributed by atoms with Crippen LogP contribution in [0.3, 0.4) is 0 Å². The number of thioether (sulfide) groups is 1. The van der Waals surface area contributed by atoms with Gasteiger partial charge in [-0.25, -0.2) is 13.8 Å².